The van der Waals surface area contributed by atoms with Crippen molar-refractivity contribution in [2.75, 3.05) is 11.4 Å². The van der Waals surface area contributed by atoms with E-state index in [1.165, 1.54) is 34.0 Å². The van der Waals surface area contributed by atoms with Crippen LogP contribution < -0.4 is 10.5 Å². The first-order valence-electron chi connectivity index (χ1n) is 9.02. The normalized spacial score (nSPS) is 20.0. The topological polar surface area (TPSA) is 68.1 Å². The van der Waals surface area contributed by atoms with Gasteiger partial charge in [-0.3, -0.25) is 14.6 Å². The molecule has 0 aliphatic carbocycles. The molecule has 3 heterocycles. The quantitative estimate of drug-likeness (QED) is 0.712. The number of nitrogens with zero attached hydrogens (tertiary/aromatic N) is 4. The number of pyridine rings is 1. The zero-order valence-corrected chi connectivity index (χ0v) is 14.4. The maximum atomic E-state index is 13.1. The fourth-order valence-corrected chi connectivity index (χ4v) is 3.13. The number of carbonyl (C=O) groups is 1. The Balaban J connectivity index is 1.57. The molecule has 136 valence electrons. The van der Waals surface area contributed by atoms with Crippen LogP contribution in [0.1, 0.15) is 13.4 Å². The second kappa shape index (κ2) is 7.11. The molecule has 1 amide bonds. The molecule has 1 unspecified atom stereocenters. The van der Waals surface area contributed by atoms with Gasteiger partial charge in [0.2, 0.25) is 5.91 Å². The Hall–Kier alpha value is -3.35. The average Bonchev–Trinajstić information content (AvgIpc) is 2.99. The van der Waals surface area contributed by atoms with Crippen LogP contribution in [-0.2, 0) is 11.2 Å². The van der Waals surface area contributed by atoms with Crippen molar-refractivity contribution < 1.29 is 10.6 Å². The monoisotopic (exact) mass is 365 g/mol. The highest BCUT2D eigenvalue weighted by Gasteiger charge is 2.33. The standard InChI is InChI=1S/C20H17FN4O2/c21-16-3-1-14(2-4-16)11-15-7-10-24(20(15)27)18-12-19(26)25(23-13-18)17-5-8-22-9-6-17/h1-6,8-9,12-13,15H,7,10-11H2/i15D. The molecule has 1 fully saturated rings. The van der Waals surface area contributed by atoms with E-state index in [9.17, 15) is 14.0 Å². The molecule has 0 spiro atoms. The summed E-state index contributed by atoms with van der Waals surface area (Å²) in [5, 5.41) is 4.15. The van der Waals surface area contributed by atoms with Crippen LogP contribution in [0.25, 0.3) is 5.69 Å². The first-order valence-corrected chi connectivity index (χ1v) is 8.52. The van der Waals surface area contributed by atoms with Crippen molar-refractivity contribution in [2.45, 2.75) is 12.8 Å². The number of carbonyl (C=O) groups excluding carboxylic acids is 1. The van der Waals surface area contributed by atoms with E-state index in [0.717, 1.165) is 5.56 Å². The van der Waals surface area contributed by atoms with Crippen LogP contribution in [0, 0.1) is 11.7 Å². The summed E-state index contributed by atoms with van der Waals surface area (Å²) < 4.78 is 22.9. The van der Waals surface area contributed by atoms with E-state index < -0.39 is 5.89 Å². The van der Waals surface area contributed by atoms with E-state index in [2.05, 4.69) is 10.1 Å². The van der Waals surface area contributed by atoms with Gasteiger partial charge in [-0.2, -0.15) is 9.78 Å². The Morgan fingerprint density at radius 3 is 2.56 bits per heavy atom. The Morgan fingerprint density at radius 1 is 1.11 bits per heavy atom. The average molecular weight is 365 g/mol. The molecule has 2 aromatic heterocycles. The van der Waals surface area contributed by atoms with Gasteiger partial charge in [0.1, 0.15) is 5.82 Å². The van der Waals surface area contributed by atoms with E-state index in [1.54, 1.807) is 36.7 Å². The molecule has 0 radical (unpaired) electrons. The molecular weight excluding hydrogens is 347 g/mol. The predicted molar refractivity (Wildman–Crippen MR) is 98.2 cm³/mol. The number of halogens is 1. The SMILES string of the molecule is [2H]C1(Cc2ccc(F)cc2)CCN(c2cnn(-c3ccncc3)c(=O)c2)C1=O. The van der Waals surface area contributed by atoms with Crippen molar-refractivity contribution in [3.8, 4) is 5.69 Å². The minimum atomic E-state index is -1.35. The van der Waals surface area contributed by atoms with Gasteiger partial charge in [-0.05, 0) is 42.7 Å². The lowest BCUT2D eigenvalue weighted by atomic mass is 9.98. The predicted octanol–water partition coefficient (Wildman–Crippen LogP) is 2.36. The summed E-state index contributed by atoms with van der Waals surface area (Å²) >= 11 is 0. The van der Waals surface area contributed by atoms with Crippen LogP contribution >= 0.6 is 0 Å². The molecule has 1 aliphatic rings. The highest BCUT2D eigenvalue weighted by Crippen LogP contribution is 2.26. The highest BCUT2D eigenvalue weighted by atomic mass is 19.1. The molecule has 4 rings (SSSR count). The molecule has 0 N–H and O–H groups in total. The maximum absolute atomic E-state index is 13.1. The number of hydrogen-bond donors (Lipinski definition) is 0. The Morgan fingerprint density at radius 2 is 1.85 bits per heavy atom. The molecule has 1 atom stereocenters. The van der Waals surface area contributed by atoms with Gasteiger partial charge in [-0.1, -0.05) is 12.1 Å². The number of hydrogen-bond acceptors (Lipinski definition) is 4. The summed E-state index contributed by atoms with van der Waals surface area (Å²) in [5.41, 5.74) is 1.29. The van der Waals surface area contributed by atoms with Crippen molar-refractivity contribution in [2.24, 2.45) is 5.89 Å². The summed E-state index contributed by atoms with van der Waals surface area (Å²) in [5.74, 6) is -2.10. The Kier molecular flexibility index (Phi) is 4.18. The van der Waals surface area contributed by atoms with Crippen LogP contribution in [0.15, 0.2) is 65.8 Å². The first kappa shape index (κ1) is 15.9. The van der Waals surface area contributed by atoms with Gasteiger partial charge in [-0.15, -0.1) is 0 Å². The lowest BCUT2D eigenvalue weighted by molar-refractivity contribution is -0.120. The number of anilines is 1. The van der Waals surface area contributed by atoms with E-state index >= 15 is 0 Å². The molecule has 1 aromatic carbocycles. The third-order valence-corrected chi connectivity index (χ3v) is 4.52. The molecule has 3 aromatic rings. The number of amides is 1. The molecule has 6 nitrogen and oxygen atoms in total. The van der Waals surface area contributed by atoms with Crippen LogP contribution in [-0.4, -0.2) is 27.2 Å². The largest absolute Gasteiger partial charge is 0.310 e. The van der Waals surface area contributed by atoms with Crippen molar-refractivity contribution in [3.63, 3.8) is 0 Å². The smallest absolute Gasteiger partial charge is 0.273 e. The molecule has 1 aliphatic heterocycles. The van der Waals surface area contributed by atoms with Gasteiger partial charge in [-0.25, -0.2) is 4.39 Å². The van der Waals surface area contributed by atoms with Gasteiger partial charge in [0.15, 0.2) is 0 Å². The number of aromatic nitrogens is 3. The fraction of sp³-hybridized carbons (Fsp3) is 0.200. The summed E-state index contributed by atoms with van der Waals surface area (Å²) in [6, 6.07) is 10.5. The van der Waals surface area contributed by atoms with Gasteiger partial charge in [0.25, 0.3) is 5.56 Å². The van der Waals surface area contributed by atoms with Gasteiger partial charge >= 0.3 is 0 Å². The second-order valence-corrected chi connectivity index (χ2v) is 6.28. The zero-order valence-electron chi connectivity index (χ0n) is 15.4. The molecular formula is C20H17FN4O2. The fourth-order valence-electron chi connectivity index (χ4n) is 3.13. The van der Waals surface area contributed by atoms with Crippen LogP contribution in [0.4, 0.5) is 10.1 Å². The van der Waals surface area contributed by atoms with Crippen LogP contribution in [0.3, 0.4) is 0 Å². The Bertz CT molecular complexity index is 1070. The summed E-state index contributed by atoms with van der Waals surface area (Å²) in [4.78, 5) is 30.7. The van der Waals surface area contributed by atoms with Crippen molar-refractivity contribution in [1.82, 2.24) is 14.8 Å². The van der Waals surface area contributed by atoms with Crippen molar-refractivity contribution in [3.05, 3.63) is 82.8 Å². The van der Waals surface area contributed by atoms with Crippen LogP contribution in [0.2, 0.25) is 0 Å². The van der Waals surface area contributed by atoms with E-state index in [4.69, 9.17) is 1.37 Å². The number of rotatable bonds is 4. The number of benzene rings is 1. The van der Waals surface area contributed by atoms with E-state index in [-0.39, 0.29) is 23.7 Å². The summed E-state index contributed by atoms with van der Waals surface area (Å²) in [6.07, 6.45) is 5.07. The zero-order chi connectivity index (χ0) is 19.7. The van der Waals surface area contributed by atoms with E-state index in [1.807, 2.05) is 0 Å². The molecule has 0 saturated carbocycles. The second-order valence-electron chi connectivity index (χ2n) is 6.28. The molecule has 1 saturated heterocycles. The van der Waals surface area contributed by atoms with Crippen LogP contribution in [0.5, 0.6) is 0 Å². The van der Waals surface area contributed by atoms with Crippen molar-refractivity contribution >= 4 is 11.6 Å². The third-order valence-electron chi connectivity index (χ3n) is 4.52. The summed E-state index contributed by atoms with van der Waals surface area (Å²) in [7, 11) is 0. The van der Waals surface area contributed by atoms with Gasteiger partial charge in [0.05, 0.1) is 17.6 Å². The lowest BCUT2D eigenvalue weighted by Crippen LogP contribution is -2.30. The minimum Gasteiger partial charge on any atom is -0.310 e. The van der Waals surface area contributed by atoms with Gasteiger partial charge in [0, 0.05) is 32.3 Å². The third kappa shape index (κ3) is 3.48. The minimum absolute atomic E-state index is 0.185. The molecule has 7 heteroatoms. The Labute approximate surface area is 156 Å². The summed E-state index contributed by atoms with van der Waals surface area (Å²) in [6.45, 7) is 0.323. The first-order chi connectivity index (χ1) is 13.5. The molecule has 0 bridgehead atoms. The highest BCUT2D eigenvalue weighted by molar-refractivity contribution is 5.97. The van der Waals surface area contributed by atoms with Crippen molar-refractivity contribution in [1.29, 1.82) is 0 Å². The van der Waals surface area contributed by atoms with Gasteiger partial charge < -0.3 is 4.90 Å². The van der Waals surface area contributed by atoms with E-state index in [0.29, 0.717) is 24.3 Å². The maximum Gasteiger partial charge on any atom is 0.273 e. The lowest BCUT2D eigenvalue weighted by Gasteiger charge is -2.17. The molecule has 27 heavy (non-hydrogen) atoms.